The van der Waals surface area contributed by atoms with Gasteiger partial charge in [-0.3, -0.25) is 5.32 Å². The van der Waals surface area contributed by atoms with Gasteiger partial charge >= 0.3 is 12.0 Å². The SMILES string of the molecule is CCCCCSc1nsc(NC(=O)NCC2CC2)c1C(=O)O. The molecule has 8 heteroatoms. The third kappa shape index (κ3) is 5.17. The van der Waals surface area contributed by atoms with Gasteiger partial charge in [0, 0.05) is 6.54 Å². The highest BCUT2D eigenvalue weighted by Gasteiger charge is 2.24. The number of carbonyl (C=O) groups excluding carboxylic acids is 1. The number of carbonyl (C=O) groups is 2. The molecule has 0 aliphatic heterocycles. The molecule has 0 radical (unpaired) electrons. The Labute approximate surface area is 138 Å². The molecule has 122 valence electrons. The maximum absolute atomic E-state index is 11.8. The van der Waals surface area contributed by atoms with Gasteiger partial charge in [0.25, 0.3) is 0 Å². The van der Waals surface area contributed by atoms with Crippen molar-refractivity contribution >= 4 is 40.3 Å². The lowest BCUT2D eigenvalue weighted by Crippen LogP contribution is -2.30. The quantitative estimate of drug-likeness (QED) is 0.470. The third-order valence-electron chi connectivity index (χ3n) is 3.34. The third-order valence-corrected chi connectivity index (χ3v) is 5.28. The van der Waals surface area contributed by atoms with Crippen molar-refractivity contribution in [3.05, 3.63) is 5.56 Å². The lowest BCUT2D eigenvalue weighted by Gasteiger charge is -2.06. The molecule has 2 rings (SSSR count). The standard InChI is InChI=1S/C14H21N3O3S2/c1-2-3-4-7-21-12-10(13(18)19)11(22-17-12)16-14(20)15-8-9-5-6-9/h9H,2-8H2,1H3,(H,18,19)(H2,15,16,20). The summed E-state index contributed by atoms with van der Waals surface area (Å²) in [5, 5.41) is 15.5. The zero-order chi connectivity index (χ0) is 15.9. The normalized spacial score (nSPS) is 13.9. The molecule has 1 saturated carbocycles. The summed E-state index contributed by atoms with van der Waals surface area (Å²) in [6.07, 6.45) is 5.58. The highest BCUT2D eigenvalue weighted by Crippen LogP contribution is 2.32. The molecule has 1 aromatic heterocycles. The molecular weight excluding hydrogens is 322 g/mol. The van der Waals surface area contributed by atoms with E-state index in [2.05, 4.69) is 21.9 Å². The van der Waals surface area contributed by atoms with Crippen LogP contribution in [0.3, 0.4) is 0 Å². The van der Waals surface area contributed by atoms with Crippen LogP contribution in [0.4, 0.5) is 9.80 Å². The maximum atomic E-state index is 11.8. The predicted octanol–water partition coefficient (Wildman–Crippen LogP) is 3.66. The first-order valence-electron chi connectivity index (χ1n) is 7.52. The molecule has 0 aromatic carbocycles. The molecule has 1 aromatic rings. The highest BCUT2D eigenvalue weighted by molar-refractivity contribution is 7.99. The number of carboxylic acids is 1. The summed E-state index contributed by atoms with van der Waals surface area (Å²) in [5.74, 6) is 0.366. The van der Waals surface area contributed by atoms with Crippen LogP contribution >= 0.6 is 23.3 Å². The van der Waals surface area contributed by atoms with Crippen LogP contribution in [0, 0.1) is 5.92 Å². The van der Waals surface area contributed by atoms with E-state index < -0.39 is 5.97 Å². The minimum Gasteiger partial charge on any atom is -0.477 e. The molecule has 1 aliphatic rings. The van der Waals surface area contributed by atoms with Gasteiger partial charge in [-0.05, 0) is 42.5 Å². The number of anilines is 1. The van der Waals surface area contributed by atoms with Crippen LogP contribution in [0.1, 0.15) is 49.4 Å². The number of nitrogens with one attached hydrogen (secondary N) is 2. The van der Waals surface area contributed by atoms with Crippen molar-refractivity contribution in [3.63, 3.8) is 0 Å². The van der Waals surface area contributed by atoms with E-state index in [0.717, 1.165) is 49.4 Å². The summed E-state index contributed by atoms with van der Waals surface area (Å²) >= 11 is 2.46. The fourth-order valence-electron chi connectivity index (χ4n) is 1.88. The second-order valence-corrected chi connectivity index (χ2v) is 7.19. The number of aromatic nitrogens is 1. The number of thioether (sulfide) groups is 1. The number of nitrogens with zero attached hydrogens (tertiary/aromatic N) is 1. The Morgan fingerprint density at radius 3 is 2.82 bits per heavy atom. The Morgan fingerprint density at radius 1 is 1.41 bits per heavy atom. The van der Waals surface area contributed by atoms with Crippen LogP contribution in [0.25, 0.3) is 0 Å². The topological polar surface area (TPSA) is 91.3 Å². The van der Waals surface area contributed by atoms with E-state index >= 15 is 0 Å². The average Bonchev–Trinajstić information content (AvgIpc) is 3.22. The Hall–Kier alpha value is -1.28. The molecule has 6 nitrogen and oxygen atoms in total. The van der Waals surface area contributed by atoms with Gasteiger partial charge in [0.2, 0.25) is 0 Å². The summed E-state index contributed by atoms with van der Waals surface area (Å²) in [5.41, 5.74) is 0.105. The van der Waals surface area contributed by atoms with Crippen LogP contribution < -0.4 is 10.6 Å². The van der Waals surface area contributed by atoms with Gasteiger partial charge in [-0.1, -0.05) is 19.8 Å². The second kappa shape index (κ2) is 8.38. The van der Waals surface area contributed by atoms with Crippen molar-refractivity contribution in [3.8, 4) is 0 Å². The Morgan fingerprint density at radius 2 is 2.18 bits per heavy atom. The zero-order valence-corrected chi connectivity index (χ0v) is 14.2. The number of amides is 2. The first-order chi connectivity index (χ1) is 10.6. The molecule has 2 amide bonds. The van der Waals surface area contributed by atoms with E-state index in [1.54, 1.807) is 0 Å². The van der Waals surface area contributed by atoms with E-state index in [-0.39, 0.29) is 11.6 Å². The summed E-state index contributed by atoms with van der Waals surface area (Å²) in [6, 6.07) is -0.361. The molecule has 0 atom stereocenters. The van der Waals surface area contributed by atoms with Crippen molar-refractivity contribution in [2.75, 3.05) is 17.6 Å². The smallest absolute Gasteiger partial charge is 0.341 e. The van der Waals surface area contributed by atoms with Crippen molar-refractivity contribution in [1.29, 1.82) is 0 Å². The summed E-state index contributed by atoms with van der Waals surface area (Å²) < 4.78 is 4.18. The fraction of sp³-hybridized carbons (Fsp3) is 0.643. The average molecular weight is 343 g/mol. The molecule has 0 bridgehead atoms. The van der Waals surface area contributed by atoms with Gasteiger partial charge in [-0.15, -0.1) is 11.8 Å². The first kappa shape index (κ1) is 17.1. The summed E-state index contributed by atoms with van der Waals surface area (Å²) in [4.78, 5) is 23.2. The molecule has 1 fully saturated rings. The predicted molar refractivity (Wildman–Crippen MR) is 89.1 cm³/mol. The van der Waals surface area contributed by atoms with Crippen LogP contribution in [0.5, 0.6) is 0 Å². The van der Waals surface area contributed by atoms with Gasteiger partial charge in [-0.2, -0.15) is 4.37 Å². The first-order valence-corrected chi connectivity index (χ1v) is 9.28. The van der Waals surface area contributed by atoms with Crippen molar-refractivity contribution in [2.45, 2.75) is 44.1 Å². The molecule has 3 N–H and O–H groups in total. The molecule has 22 heavy (non-hydrogen) atoms. The fourth-order valence-corrected chi connectivity index (χ4v) is 3.82. The van der Waals surface area contributed by atoms with E-state index in [4.69, 9.17) is 0 Å². The maximum Gasteiger partial charge on any atom is 0.341 e. The summed E-state index contributed by atoms with van der Waals surface area (Å²) in [6.45, 7) is 2.77. The summed E-state index contributed by atoms with van der Waals surface area (Å²) in [7, 11) is 0. The van der Waals surface area contributed by atoms with Gasteiger partial charge in [0.1, 0.15) is 15.6 Å². The van der Waals surface area contributed by atoms with Crippen LogP contribution in [0.2, 0.25) is 0 Å². The number of urea groups is 1. The Balaban J connectivity index is 1.92. The van der Waals surface area contributed by atoms with Gasteiger partial charge in [0.15, 0.2) is 0 Å². The zero-order valence-electron chi connectivity index (χ0n) is 12.6. The molecule has 1 heterocycles. The van der Waals surface area contributed by atoms with Crippen LogP contribution in [-0.4, -0.2) is 33.8 Å². The second-order valence-electron chi connectivity index (χ2n) is 5.33. The Bertz CT molecular complexity index is 529. The van der Waals surface area contributed by atoms with E-state index in [1.165, 1.54) is 11.8 Å². The van der Waals surface area contributed by atoms with Gasteiger partial charge in [-0.25, -0.2) is 9.59 Å². The molecule has 0 saturated heterocycles. The number of rotatable bonds is 9. The van der Waals surface area contributed by atoms with E-state index in [9.17, 15) is 14.7 Å². The van der Waals surface area contributed by atoms with E-state index in [0.29, 0.717) is 22.5 Å². The molecular formula is C14H21N3O3S2. The Kier molecular flexibility index (Phi) is 6.50. The minimum atomic E-state index is -1.05. The largest absolute Gasteiger partial charge is 0.477 e. The molecule has 1 aliphatic carbocycles. The van der Waals surface area contributed by atoms with Gasteiger partial charge in [0.05, 0.1) is 0 Å². The van der Waals surface area contributed by atoms with Gasteiger partial charge < -0.3 is 10.4 Å². The number of unbranched alkanes of at least 4 members (excludes halogenated alkanes) is 2. The van der Waals surface area contributed by atoms with Crippen molar-refractivity contribution in [2.24, 2.45) is 5.92 Å². The lowest BCUT2D eigenvalue weighted by molar-refractivity contribution is 0.0694. The number of carboxylic acid groups (broad SMARTS) is 1. The number of aromatic carboxylic acids is 1. The molecule has 0 unspecified atom stereocenters. The van der Waals surface area contributed by atoms with Crippen LogP contribution in [-0.2, 0) is 0 Å². The number of hydrogen-bond donors (Lipinski definition) is 3. The molecule has 0 spiro atoms. The number of hydrogen-bond acceptors (Lipinski definition) is 5. The van der Waals surface area contributed by atoms with Crippen molar-refractivity contribution in [1.82, 2.24) is 9.69 Å². The van der Waals surface area contributed by atoms with Crippen molar-refractivity contribution < 1.29 is 14.7 Å². The van der Waals surface area contributed by atoms with E-state index in [1.807, 2.05) is 0 Å². The minimum absolute atomic E-state index is 0.105. The van der Waals surface area contributed by atoms with Crippen LogP contribution in [0.15, 0.2) is 5.03 Å². The monoisotopic (exact) mass is 343 g/mol. The highest BCUT2D eigenvalue weighted by atomic mass is 32.2. The lowest BCUT2D eigenvalue weighted by atomic mass is 10.3.